The SMILES string of the molecule is CCC(C)CC(=O)NC1CCc2cccc3c2N(C1=O)C(C)C3.O=CNC(CC(=O)O)Cc1co[nH]c1=O. The molecule has 0 saturated heterocycles. The summed E-state index contributed by atoms with van der Waals surface area (Å²) in [5.74, 6) is -0.644. The Morgan fingerprint density at radius 3 is 2.63 bits per heavy atom. The van der Waals surface area contributed by atoms with Gasteiger partial charge in [0, 0.05) is 24.9 Å². The van der Waals surface area contributed by atoms with Gasteiger partial charge in [-0.2, -0.15) is 5.16 Å². The van der Waals surface area contributed by atoms with Crippen LogP contribution in [-0.2, 0) is 38.4 Å². The Hall–Kier alpha value is -3.89. The summed E-state index contributed by atoms with van der Waals surface area (Å²) in [5, 5.41) is 15.9. The van der Waals surface area contributed by atoms with Crippen LogP contribution in [0.25, 0.3) is 0 Å². The molecular weight excluding hydrogens is 492 g/mol. The van der Waals surface area contributed by atoms with Crippen molar-refractivity contribution in [3.05, 3.63) is 51.5 Å². The van der Waals surface area contributed by atoms with Gasteiger partial charge in [-0.15, -0.1) is 0 Å². The van der Waals surface area contributed by atoms with E-state index in [0.717, 1.165) is 24.9 Å². The van der Waals surface area contributed by atoms with Crippen molar-refractivity contribution in [2.75, 3.05) is 4.90 Å². The molecular formula is C27H36N4O7. The highest BCUT2D eigenvalue weighted by molar-refractivity contribution is 6.02. The first-order chi connectivity index (χ1) is 18.1. The number of H-pyrrole nitrogens is 1. The first kappa shape index (κ1) is 28.7. The predicted molar refractivity (Wildman–Crippen MR) is 140 cm³/mol. The van der Waals surface area contributed by atoms with Crippen molar-refractivity contribution >= 4 is 29.9 Å². The lowest BCUT2D eigenvalue weighted by Gasteiger charge is -2.26. The molecule has 11 nitrogen and oxygen atoms in total. The molecule has 0 saturated carbocycles. The molecule has 2 aliphatic rings. The summed E-state index contributed by atoms with van der Waals surface area (Å²) >= 11 is 0. The van der Waals surface area contributed by atoms with Crippen molar-refractivity contribution in [1.82, 2.24) is 15.8 Å². The van der Waals surface area contributed by atoms with E-state index in [1.807, 2.05) is 4.90 Å². The van der Waals surface area contributed by atoms with E-state index >= 15 is 0 Å². The van der Waals surface area contributed by atoms with Gasteiger partial charge < -0.3 is 25.2 Å². The van der Waals surface area contributed by atoms with E-state index in [1.165, 1.54) is 17.4 Å². The Kier molecular flexibility index (Phi) is 9.86. The molecule has 2 aromatic rings. The molecule has 4 unspecified atom stereocenters. The lowest BCUT2D eigenvalue weighted by molar-refractivity contribution is -0.137. The summed E-state index contributed by atoms with van der Waals surface area (Å²) in [6, 6.07) is 5.47. The number of aromatic nitrogens is 1. The molecule has 3 heterocycles. The molecule has 0 bridgehead atoms. The zero-order chi connectivity index (χ0) is 27.8. The van der Waals surface area contributed by atoms with E-state index in [0.29, 0.717) is 30.7 Å². The molecule has 4 atom stereocenters. The fourth-order valence-corrected chi connectivity index (χ4v) is 4.89. The lowest BCUT2D eigenvalue weighted by Crippen LogP contribution is -2.50. The number of para-hydroxylation sites is 1. The molecule has 0 spiro atoms. The third-order valence-electron chi connectivity index (χ3n) is 7.04. The van der Waals surface area contributed by atoms with Crippen LogP contribution in [-0.4, -0.2) is 52.6 Å². The summed E-state index contributed by atoms with van der Waals surface area (Å²) in [4.78, 5) is 58.8. The third kappa shape index (κ3) is 7.11. The van der Waals surface area contributed by atoms with Gasteiger partial charge >= 0.3 is 5.97 Å². The summed E-state index contributed by atoms with van der Waals surface area (Å²) < 4.78 is 4.53. The molecule has 2 aliphatic heterocycles. The number of benzene rings is 1. The van der Waals surface area contributed by atoms with Gasteiger partial charge in [0.2, 0.25) is 18.2 Å². The quantitative estimate of drug-likeness (QED) is 0.343. The lowest BCUT2D eigenvalue weighted by atomic mass is 10.0. The van der Waals surface area contributed by atoms with Crippen LogP contribution in [0.5, 0.6) is 0 Å². The van der Waals surface area contributed by atoms with E-state index in [2.05, 4.69) is 59.3 Å². The number of carbonyl (C=O) groups is 4. The zero-order valence-corrected chi connectivity index (χ0v) is 22.0. The van der Waals surface area contributed by atoms with Gasteiger partial charge in [-0.3, -0.25) is 24.0 Å². The van der Waals surface area contributed by atoms with E-state index in [4.69, 9.17) is 5.11 Å². The topological polar surface area (TPSA) is 162 Å². The first-order valence-electron chi connectivity index (χ1n) is 12.9. The van der Waals surface area contributed by atoms with Crippen LogP contribution in [0.3, 0.4) is 0 Å². The van der Waals surface area contributed by atoms with Gasteiger partial charge in [-0.25, -0.2) is 0 Å². The van der Waals surface area contributed by atoms with E-state index in [1.54, 1.807) is 0 Å². The Morgan fingerprint density at radius 2 is 2.00 bits per heavy atom. The highest BCUT2D eigenvalue weighted by atomic mass is 16.5. The smallest absolute Gasteiger partial charge is 0.305 e. The average Bonchev–Trinajstić information content (AvgIpc) is 3.38. The van der Waals surface area contributed by atoms with Crippen LogP contribution >= 0.6 is 0 Å². The number of aryl methyl sites for hydroxylation is 1. The van der Waals surface area contributed by atoms with Crippen molar-refractivity contribution in [3.63, 3.8) is 0 Å². The number of carboxylic acid groups (broad SMARTS) is 1. The van der Waals surface area contributed by atoms with Crippen LogP contribution in [0.15, 0.2) is 33.8 Å². The number of rotatable bonds is 10. The maximum atomic E-state index is 13.0. The normalized spacial score (nSPS) is 19.3. The Morgan fingerprint density at radius 1 is 1.26 bits per heavy atom. The molecule has 1 aromatic carbocycles. The fourth-order valence-electron chi connectivity index (χ4n) is 4.89. The van der Waals surface area contributed by atoms with Crippen molar-refractivity contribution in [2.45, 2.75) is 83.8 Å². The Labute approximate surface area is 220 Å². The minimum absolute atomic E-state index is 0.00395. The second-order valence-electron chi connectivity index (χ2n) is 10.0. The molecule has 0 fully saturated rings. The van der Waals surface area contributed by atoms with Crippen molar-refractivity contribution < 1.29 is 28.8 Å². The number of hydrogen-bond acceptors (Lipinski definition) is 6. The maximum Gasteiger partial charge on any atom is 0.305 e. The van der Waals surface area contributed by atoms with Crippen LogP contribution in [0.2, 0.25) is 0 Å². The summed E-state index contributed by atoms with van der Waals surface area (Å²) in [7, 11) is 0. The predicted octanol–water partition coefficient (Wildman–Crippen LogP) is 1.93. The van der Waals surface area contributed by atoms with Crippen LogP contribution in [0, 0.1) is 5.92 Å². The first-order valence-corrected chi connectivity index (χ1v) is 12.9. The molecule has 206 valence electrons. The second-order valence-corrected chi connectivity index (χ2v) is 10.0. The van der Waals surface area contributed by atoms with Crippen LogP contribution in [0.4, 0.5) is 5.69 Å². The summed E-state index contributed by atoms with van der Waals surface area (Å²) in [6.07, 6.45) is 5.38. The van der Waals surface area contributed by atoms with E-state index < -0.39 is 23.6 Å². The van der Waals surface area contributed by atoms with Crippen LogP contribution in [0.1, 0.15) is 63.1 Å². The number of carbonyl (C=O) groups excluding carboxylic acids is 3. The van der Waals surface area contributed by atoms with Gasteiger partial charge in [0.1, 0.15) is 12.3 Å². The number of aliphatic carboxylic acids is 1. The number of nitrogens with zero attached hydrogens (tertiary/aromatic N) is 1. The number of aromatic amines is 1. The molecule has 3 amide bonds. The summed E-state index contributed by atoms with van der Waals surface area (Å²) in [5.41, 5.74) is 3.48. The van der Waals surface area contributed by atoms with Crippen molar-refractivity contribution in [2.24, 2.45) is 5.92 Å². The van der Waals surface area contributed by atoms with E-state index in [-0.39, 0.29) is 30.7 Å². The minimum Gasteiger partial charge on any atom is -0.481 e. The van der Waals surface area contributed by atoms with Gasteiger partial charge in [0.15, 0.2) is 0 Å². The van der Waals surface area contributed by atoms with Crippen LogP contribution < -0.4 is 21.1 Å². The second kappa shape index (κ2) is 13.1. The monoisotopic (exact) mass is 528 g/mol. The zero-order valence-electron chi connectivity index (χ0n) is 22.0. The molecule has 0 radical (unpaired) electrons. The molecule has 0 aliphatic carbocycles. The Balaban J connectivity index is 0.000000232. The largest absolute Gasteiger partial charge is 0.481 e. The average molecular weight is 529 g/mol. The van der Waals surface area contributed by atoms with Gasteiger partial charge in [0.25, 0.3) is 5.56 Å². The highest BCUT2D eigenvalue weighted by Crippen LogP contribution is 2.38. The number of nitrogens with one attached hydrogen (secondary N) is 3. The fraction of sp³-hybridized carbons (Fsp3) is 0.519. The summed E-state index contributed by atoms with van der Waals surface area (Å²) in [6.45, 7) is 6.24. The number of amides is 3. The Bertz CT molecular complexity index is 1200. The van der Waals surface area contributed by atoms with Gasteiger partial charge in [-0.05, 0) is 43.2 Å². The highest BCUT2D eigenvalue weighted by Gasteiger charge is 2.39. The number of hydrogen-bond donors (Lipinski definition) is 4. The number of carboxylic acids is 1. The molecule has 4 N–H and O–H groups in total. The van der Waals surface area contributed by atoms with Gasteiger partial charge in [-0.1, -0.05) is 38.5 Å². The molecule has 1 aromatic heterocycles. The standard InChI is InChI=1S/C19H26N2O2.C8H10N2O5/c1-4-12(2)10-17(22)20-16-9-8-14-6-5-7-15-11-13(3)21(18(14)15)19(16)23;11-4-9-6(2-7(12)13)1-5-3-15-10-8(5)14/h5-7,12-13,16H,4,8-11H2,1-3H3,(H,20,22);3-4,6H,1-2H2,(H,9,11)(H,10,14)(H,12,13). The van der Waals surface area contributed by atoms with Crippen molar-refractivity contribution in [3.8, 4) is 0 Å². The molecule has 11 heteroatoms. The van der Waals surface area contributed by atoms with Crippen molar-refractivity contribution in [1.29, 1.82) is 0 Å². The van der Waals surface area contributed by atoms with Gasteiger partial charge in [0.05, 0.1) is 17.7 Å². The maximum absolute atomic E-state index is 13.0. The minimum atomic E-state index is -1.05. The third-order valence-corrected chi connectivity index (χ3v) is 7.04. The molecule has 38 heavy (non-hydrogen) atoms. The number of anilines is 1. The van der Waals surface area contributed by atoms with E-state index in [9.17, 15) is 24.0 Å². The molecule has 4 rings (SSSR count).